The molecule has 0 spiro atoms. The number of hydrogen-bond donors (Lipinski definition) is 1. The molecule has 4 nitrogen and oxygen atoms in total. The highest BCUT2D eigenvalue weighted by atomic mass is 79.9. The first-order valence-electron chi connectivity index (χ1n) is 9.06. The molecule has 1 fully saturated rings. The summed E-state index contributed by atoms with van der Waals surface area (Å²) in [5, 5.41) is 2.89. The van der Waals surface area contributed by atoms with Gasteiger partial charge in [-0.25, -0.2) is 0 Å². The second kappa shape index (κ2) is 8.18. The number of nitrogens with zero attached hydrogens (tertiary/aromatic N) is 1. The van der Waals surface area contributed by atoms with Crippen LogP contribution in [0.15, 0.2) is 40.9 Å². The molecule has 1 atom stereocenters. The van der Waals surface area contributed by atoms with E-state index in [1.54, 1.807) is 6.07 Å². The molecule has 2 aromatic rings. The number of nitrogens with one attached hydrogen (secondary N) is 1. The SMILES string of the molecule is Cc1cc(Br)cc(C)c1NC(=O)C1CC(=O)N(Cc2cccc(C(F)(F)F)c2)C1. The first kappa shape index (κ1) is 21.4. The molecule has 154 valence electrons. The van der Waals surface area contributed by atoms with Crippen molar-refractivity contribution < 1.29 is 22.8 Å². The Hall–Kier alpha value is -2.35. The second-order valence-corrected chi connectivity index (χ2v) is 8.19. The van der Waals surface area contributed by atoms with Gasteiger partial charge in [0.05, 0.1) is 11.5 Å². The highest BCUT2D eigenvalue weighted by Crippen LogP contribution is 2.31. The van der Waals surface area contributed by atoms with Gasteiger partial charge >= 0.3 is 6.18 Å². The number of amides is 2. The van der Waals surface area contributed by atoms with Crippen molar-refractivity contribution in [2.75, 3.05) is 11.9 Å². The van der Waals surface area contributed by atoms with E-state index in [1.165, 1.54) is 11.0 Å². The zero-order valence-corrected chi connectivity index (χ0v) is 17.5. The Morgan fingerprint density at radius 2 is 1.86 bits per heavy atom. The molecule has 1 N–H and O–H groups in total. The van der Waals surface area contributed by atoms with E-state index in [9.17, 15) is 22.8 Å². The van der Waals surface area contributed by atoms with Crippen LogP contribution in [0.2, 0.25) is 0 Å². The average Bonchev–Trinajstić information content (AvgIpc) is 2.98. The molecule has 1 unspecified atom stereocenters. The Morgan fingerprint density at radius 3 is 2.48 bits per heavy atom. The van der Waals surface area contributed by atoms with Gasteiger partial charge in [0.25, 0.3) is 0 Å². The summed E-state index contributed by atoms with van der Waals surface area (Å²) in [5.41, 5.74) is 2.14. The van der Waals surface area contributed by atoms with E-state index in [2.05, 4.69) is 21.2 Å². The molecule has 1 aliphatic heterocycles. The lowest BCUT2D eigenvalue weighted by molar-refractivity contribution is -0.137. The van der Waals surface area contributed by atoms with Crippen LogP contribution >= 0.6 is 15.9 Å². The van der Waals surface area contributed by atoms with Gasteiger partial charge in [0.1, 0.15) is 0 Å². The van der Waals surface area contributed by atoms with E-state index in [1.807, 2.05) is 26.0 Å². The Bertz CT molecular complexity index is 936. The van der Waals surface area contributed by atoms with Gasteiger partial charge < -0.3 is 10.2 Å². The predicted molar refractivity (Wildman–Crippen MR) is 107 cm³/mol. The van der Waals surface area contributed by atoms with Gasteiger partial charge in [0, 0.05) is 29.7 Å². The summed E-state index contributed by atoms with van der Waals surface area (Å²) in [4.78, 5) is 26.4. The Morgan fingerprint density at radius 1 is 1.21 bits per heavy atom. The van der Waals surface area contributed by atoms with Gasteiger partial charge in [-0.15, -0.1) is 0 Å². The van der Waals surface area contributed by atoms with Crippen molar-refractivity contribution in [3.63, 3.8) is 0 Å². The van der Waals surface area contributed by atoms with Crippen molar-refractivity contribution >= 4 is 33.4 Å². The lowest BCUT2D eigenvalue weighted by Gasteiger charge is -2.18. The standard InChI is InChI=1S/C21H20BrF3N2O2/c1-12-6-17(22)7-13(2)19(12)26-20(29)15-9-18(28)27(11-15)10-14-4-3-5-16(8-14)21(23,24)25/h3-8,15H,9-11H2,1-2H3,(H,26,29). The molecule has 0 aromatic heterocycles. The summed E-state index contributed by atoms with van der Waals surface area (Å²) in [7, 11) is 0. The molecule has 1 saturated heterocycles. The maximum Gasteiger partial charge on any atom is 0.416 e. The van der Waals surface area contributed by atoms with Crippen LogP contribution in [0, 0.1) is 19.8 Å². The fraction of sp³-hybridized carbons (Fsp3) is 0.333. The molecule has 0 aliphatic carbocycles. The third-order valence-corrected chi connectivity index (χ3v) is 5.42. The summed E-state index contributed by atoms with van der Waals surface area (Å²) >= 11 is 3.41. The molecule has 1 aliphatic rings. The summed E-state index contributed by atoms with van der Waals surface area (Å²) in [6.07, 6.45) is -4.40. The number of halogens is 4. The van der Waals surface area contributed by atoms with Gasteiger partial charge in [0.15, 0.2) is 0 Å². The van der Waals surface area contributed by atoms with Crippen molar-refractivity contribution in [1.82, 2.24) is 4.90 Å². The van der Waals surface area contributed by atoms with Crippen LogP contribution in [-0.4, -0.2) is 23.3 Å². The van der Waals surface area contributed by atoms with Crippen molar-refractivity contribution in [3.05, 3.63) is 63.1 Å². The van der Waals surface area contributed by atoms with Crippen LogP contribution in [0.5, 0.6) is 0 Å². The van der Waals surface area contributed by atoms with Crippen molar-refractivity contribution in [2.45, 2.75) is 33.0 Å². The third kappa shape index (κ3) is 4.98. The highest BCUT2D eigenvalue weighted by molar-refractivity contribution is 9.10. The number of rotatable bonds is 4. The average molecular weight is 469 g/mol. The molecule has 3 rings (SSSR count). The Kier molecular flexibility index (Phi) is 6.03. The van der Waals surface area contributed by atoms with Crippen LogP contribution in [0.3, 0.4) is 0 Å². The largest absolute Gasteiger partial charge is 0.416 e. The Balaban J connectivity index is 1.68. The fourth-order valence-corrected chi connectivity index (χ4v) is 4.19. The number of carbonyl (C=O) groups excluding carboxylic acids is 2. The van der Waals surface area contributed by atoms with Gasteiger partial charge in [-0.05, 0) is 54.8 Å². The van der Waals surface area contributed by atoms with Crippen molar-refractivity contribution in [2.24, 2.45) is 5.92 Å². The first-order chi connectivity index (χ1) is 13.5. The lowest BCUT2D eigenvalue weighted by atomic mass is 10.1. The number of anilines is 1. The number of aryl methyl sites for hydroxylation is 2. The molecule has 0 bridgehead atoms. The molecular formula is C21H20BrF3N2O2. The minimum Gasteiger partial charge on any atom is -0.338 e. The molecule has 2 aromatic carbocycles. The van der Waals surface area contributed by atoms with Crippen molar-refractivity contribution in [3.8, 4) is 0 Å². The van der Waals surface area contributed by atoms with Crippen LogP contribution in [-0.2, 0) is 22.3 Å². The molecule has 0 radical (unpaired) electrons. The lowest BCUT2D eigenvalue weighted by Crippen LogP contribution is -2.28. The smallest absolute Gasteiger partial charge is 0.338 e. The number of alkyl halides is 3. The summed E-state index contributed by atoms with van der Waals surface area (Å²) in [6, 6.07) is 8.68. The predicted octanol–water partition coefficient (Wildman–Crippen LogP) is 5.07. The summed E-state index contributed by atoms with van der Waals surface area (Å²) in [5.74, 6) is -1.05. The minimum atomic E-state index is -4.44. The molecule has 8 heteroatoms. The van der Waals surface area contributed by atoms with E-state index in [-0.39, 0.29) is 31.3 Å². The number of likely N-dealkylation sites (tertiary alicyclic amines) is 1. The van der Waals surface area contributed by atoms with E-state index >= 15 is 0 Å². The van der Waals surface area contributed by atoms with E-state index in [0.29, 0.717) is 11.3 Å². The molecular weight excluding hydrogens is 449 g/mol. The monoisotopic (exact) mass is 468 g/mol. The van der Waals surface area contributed by atoms with Gasteiger partial charge in [-0.1, -0.05) is 28.1 Å². The second-order valence-electron chi connectivity index (χ2n) is 7.28. The maximum absolute atomic E-state index is 12.9. The number of benzene rings is 2. The van der Waals surface area contributed by atoms with E-state index in [0.717, 1.165) is 27.7 Å². The summed E-state index contributed by atoms with van der Waals surface area (Å²) < 4.78 is 39.6. The third-order valence-electron chi connectivity index (χ3n) is 4.96. The van der Waals surface area contributed by atoms with Crippen molar-refractivity contribution in [1.29, 1.82) is 0 Å². The fourth-order valence-electron chi connectivity index (χ4n) is 3.50. The molecule has 29 heavy (non-hydrogen) atoms. The zero-order valence-electron chi connectivity index (χ0n) is 15.9. The molecule has 2 amide bonds. The number of hydrogen-bond acceptors (Lipinski definition) is 2. The normalized spacial score (nSPS) is 17.0. The van der Waals surface area contributed by atoms with Crippen LogP contribution in [0.4, 0.5) is 18.9 Å². The topological polar surface area (TPSA) is 49.4 Å². The van der Waals surface area contributed by atoms with Crippen LogP contribution in [0.25, 0.3) is 0 Å². The quantitative estimate of drug-likeness (QED) is 0.680. The zero-order chi connectivity index (χ0) is 21.3. The molecule has 0 saturated carbocycles. The Labute approximate surface area is 175 Å². The maximum atomic E-state index is 12.9. The minimum absolute atomic E-state index is 0.0411. The first-order valence-corrected chi connectivity index (χ1v) is 9.85. The van der Waals surface area contributed by atoms with E-state index < -0.39 is 17.7 Å². The van der Waals surface area contributed by atoms with Crippen LogP contribution in [0.1, 0.15) is 28.7 Å². The van der Waals surface area contributed by atoms with Gasteiger partial charge in [-0.2, -0.15) is 13.2 Å². The highest BCUT2D eigenvalue weighted by Gasteiger charge is 2.35. The molecule has 1 heterocycles. The van der Waals surface area contributed by atoms with Crippen LogP contribution < -0.4 is 5.32 Å². The van der Waals surface area contributed by atoms with E-state index in [4.69, 9.17) is 0 Å². The van der Waals surface area contributed by atoms with Gasteiger partial charge in [-0.3, -0.25) is 9.59 Å². The van der Waals surface area contributed by atoms with Gasteiger partial charge in [0.2, 0.25) is 11.8 Å². The number of carbonyl (C=O) groups is 2. The summed E-state index contributed by atoms with van der Waals surface area (Å²) in [6.45, 7) is 3.98.